The Morgan fingerprint density at radius 1 is 1.71 bits per heavy atom. The van der Waals surface area contributed by atoms with E-state index in [1.54, 1.807) is 0 Å². The second-order valence-electron chi connectivity index (χ2n) is 2.29. The van der Waals surface area contributed by atoms with Gasteiger partial charge in [-0.15, -0.1) is 0 Å². The van der Waals surface area contributed by atoms with Crippen molar-refractivity contribution in [1.29, 1.82) is 0 Å². The molecular formula is C6H12N+. The monoisotopic (exact) mass is 98.1 g/mol. The standard InChI is InChI=1S/C6H11N/c1-6-2-4-7-5-3-6/h4,6H,2-3,5H2,1H3/p+1. The van der Waals surface area contributed by atoms with Gasteiger partial charge >= 0.3 is 0 Å². The molecule has 1 aliphatic rings. The zero-order chi connectivity index (χ0) is 5.11. The maximum Gasteiger partial charge on any atom is 0.140 e. The molecular weight excluding hydrogens is 86.1 g/mol. The summed E-state index contributed by atoms with van der Waals surface area (Å²) in [6, 6.07) is 0. The summed E-state index contributed by atoms with van der Waals surface area (Å²) in [5.41, 5.74) is 0. The highest BCUT2D eigenvalue weighted by Gasteiger charge is 2.05. The molecule has 0 aromatic carbocycles. The van der Waals surface area contributed by atoms with Crippen molar-refractivity contribution < 1.29 is 4.99 Å². The van der Waals surface area contributed by atoms with Crippen molar-refractivity contribution in [3.8, 4) is 0 Å². The summed E-state index contributed by atoms with van der Waals surface area (Å²) in [6.45, 7) is 3.47. The molecule has 1 atom stereocenters. The van der Waals surface area contributed by atoms with Gasteiger partial charge in [0, 0.05) is 12.8 Å². The molecule has 0 fully saturated rings. The van der Waals surface area contributed by atoms with Crippen LogP contribution in [0.1, 0.15) is 19.8 Å². The van der Waals surface area contributed by atoms with Gasteiger partial charge < -0.3 is 0 Å². The Morgan fingerprint density at radius 3 is 2.86 bits per heavy atom. The van der Waals surface area contributed by atoms with Gasteiger partial charge in [0.25, 0.3) is 0 Å². The quantitative estimate of drug-likeness (QED) is 0.422. The summed E-state index contributed by atoms with van der Waals surface area (Å²) < 4.78 is 0. The minimum absolute atomic E-state index is 0.918. The van der Waals surface area contributed by atoms with E-state index in [1.165, 1.54) is 19.4 Å². The SMILES string of the molecule is CC1CC=[NH+]CC1. The third-order valence-electron chi connectivity index (χ3n) is 1.45. The van der Waals surface area contributed by atoms with Crippen LogP contribution in [0.3, 0.4) is 0 Å². The molecule has 1 heteroatoms. The maximum atomic E-state index is 3.19. The molecule has 1 nitrogen and oxygen atoms in total. The Bertz CT molecular complexity index is 76.2. The van der Waals surface area contributed by atoms with Crippen LogP contribution in [0.2, 0.25) is 0 Å². The lowest BCUT2D eigenvalue weighted by molar-refractivity contribution is -0.460. The van der Waals surface area contributed by atoms with Gasteiger partial charge in [-0.05, 0) is 5.92 Å². The molecule has 7 heavy (non-hydrogen) atoms. The summed E-state index contributed by atoms with van der Waals surface area (Å²) in [5, 5.41) is 0. The first kappa shape index (κ1) is 4.82. The molecule has 40 valence electrons. The highest BCUT2D eigenvalue weighted by atomic mass is 14.7. The summed E-state index contributed by atoms with van der Waals surface area (Å²) in [5.74, 6) is 0.918. The molecule has 0 amide bonds. The lowest BCUT2D eigenvalue weighted by Gasteiger charge is -2.04. The lowest BCUT2D eigenvalue weighted by Crippen LogP contribution is -2.71. The van der Waals surface area contributed by atoms with Gasteiger partial charge in [0.05, 0.1) is 0 Å². The lowest BCUT2D eigenvalue weighted by atomic mass is 10.0. The minimum atomic E-state index is 0.918. The van der Waals surface area contributed by atoms with Gasteiger partial charge in [-0.1, -0.05) is 6.92 Å². The van der Waals surface area contributed by atoms with Gasteiger partial charge in [-0.3, -0.25) is 4.99 Å². The molecule has 0 radical (unpaired) electrons. The van der Waals surface area contributed by atoms with E-state index < -0.39 is 0 Å². The molecule has 0 aliphatic carbocycles. The average molecular weight is 98.2 g/mol. The maximum absolute atomic E-state index is 3.19. The number of hydrogen-bond donors (Lipinski definition) is 1. The van der Waals surface area contributed by atoms with E-state index >= 15 is 0 Å². The number of hydrogen-bond acceptors (Lipinski definition) is 0. The van der Waals surface area contributed by atoms with Crippen LogP contribution in [0.25, 0.3) is 0 Å². The Balaban J connectivity index is 2.32. The van der Waals surface area contributed by atoms with Crippen LogP contribution in [0.15, 0.2) is 0 Å². The number of nitrogens with one attached hydrogen (secondary N) is 1. The normalized spacial score (nSPS) is 30.7. The van der Waals surface area contributed by atoms with Crippen molar-refractivity contribution in [2.24, 2.45) is 5.92 Å². The second-order valence-corrected chi connectivity index (χ2v) is 2.29. The van der Waals surface area contributed by atoms with E-state index in [0.717, 1.165) is 5.92 Å². The Labute approximate surface area is 44.5 Å². The summed E-state index contributed by atoms with van der Waals surface area (Å²) in [4.78, 5) is 3.19. The van der Waals surface area contributed by atoms with E-state index in [9.17, 15) is 0 Å². The van der Waals surface area contributed by atoms with E-state index in [4.69, 9.17) is 0 Å². The Kier molecular flexibility index (Phi) is 1.45. The van der Waals surface area contributed by atoms with E-state index in [-0.39, 0.29) is 0 Å². The van der Waals surface area contributed by atoms with Crippen LogP contribution in [0.5, 0.6) is 0 Å². The van der Waals surface area contributed by atoms with Crippen molar-refractivity contribution in [2.45, 2.75) is 19.8 Å². The largest absolute Gasteiger partial charge is 0.252 e. The predicted molar refractivity (Wildman–Crippen MR) is 30.3 cm³/mol. The molecule has 0 saturated heterocycles. The zero-order valence-corrected chi connectivity index (χ0v) is 4.78. The molecule has 1 N–H and O–H groups in total. The summed E-state index contributed by atoms with van der Waals surface area (Å²) in [6.07, 6.45) is 4.75. The van der Waals surface area contributed by atoms with Gasteiger partial charge in [0.1, 0.15) is 12.8 Å². The zero-order valence-electron chi connectivity index (χ0n) is 4.78. The van der Waals surface area contributed by atoms with Gasteiger partial charge in [-0.2, -0.15) is 0 Å². The van der Waals surface area contributed by atoms with Gasteiger partial charge in [-0.25, -0.2) is 0 Å². The average Bonchev–Trinajstić information content (AvgIpc) is 1.69. The van der Waals surface area contributed by atoms with Crippen molar-refractivity contribution >= 4 is 6.21 Å². The van der Waals surface area contributed by atoms with Crippen LogP contribution >= 0.6 is 0 Å². The van der Waals surface area contributed by atoms with Crippen LogP contribution in [-0.4, -0.2) is 12.8 Å². The molecule has 1 unspecified atom stereocenters. The number of rotatable bonds is 0. The Morgan fingerprint density at radius 2 is 2.57 bits per heavy atom. The first-order chi connectivity index (χ1) is 3.39. The first-order valence-corrected chi connectivity index (χ1v) is 2.94. The van der Waals surface area contributed by atoms with Crippen molar-refractivity contribution in [3.63, 3.8) is 0 Å². The van der Waals surface area contributed by atoms with Gasteiger partial charge in [0.15, 0.2) is 0 Å². The van der Waals surface area contributed by atoms with Crippen LogP contribution < -0.4 is 4.99 Å². The molecule has 0 saturated carbocycles. The first-order valence-electron chi connectivity index (χ1n) is 2.94. The molecule has 1 aliphatic heterocycles. The molecule has 0 bridgehead atoms. The van der Waals surface area contributed by atoms with Crippen LogP contribution in [-0.2, 0) is 0 Å². The molecule has 0 aromatic heterocycles. The topological polar surface area (TPSA) is 14.0 Å². The van der Waals surface area contributed by atoms with Crippen molar-refractivity contribution in [1.82, 2.24) is 0 Å². The van der Waals surface area contributed by atoms with Gasteiger partial charge in [0.2, 0.25) is 0 Å². The fourth-order valence-corrected chi connectivity index (χ4v) is 0.834. The second kappa shape index (κ2) is 2.10. The highest BCUT2D eigenvalue weighted by molar-refractivity contribution is 5.50. The van der Waals surface area contributed by atoms with Crippen molar-refractivity contribution in [3.05, 3.63) is 0 Å². The van der Waals surface area contributed by atoms with Crippen molar-refractivity contribution in [2.75, 3.05) is 6.54 Å². The van der Waals surface area contributed by atoms with Crippen LogP contribution in [0.4, 0.5) is 0 Å². The summed E-state index contributed by atoms with van der Waals surface area (Å²) >= 11 is 0. The smallest absolute Gasteiger partial charge is 0.140 e. The van der Waals surface area contributed by atoms with Crippen LogP contribution in [0, 0.1) is 5.92 Å². The summed E-state index contributed by atoms with van der Waals surface area (Å²) in [7, 11) is 0. The highest BCUT2D eigenvalue weighted by Crippen LogP contribution is 2.02. The third-order valence-corrected chi connectivity index (χ3v) is 1.45. The fourth-order valence-electron chi connectivity index (χ4n) is 0.834. The predicted octanol–water partition coefficient (Wildman–Crippen LogP) is -0.432. The third kappa shape index (κ3) is 1.30. The molecule has 1 rings (SSSR count). The molecule has 0 spiro atoms. The van der Waals surface area contributed by atoms with E-state index in [1.807, 2.05) is 0 Å². The molecule has 1 heterocycles. The minimum Gasteiger partial charge on any atom is -0.252 e. The Hall–Kier alpha value is -0.330. The fraction of sp³-hybridized carbons (Fsp3) is 0.833. The molecule has 0 aromatic rings. The van der Waals surface area contributed by atoms with E-state index in [0.29, 0.717) is 0 Å². The van der Waals surface area contributed by atoms with E-state index in [2.05, 4.69) is 18.1 Å².